The third kappa shape index (κ3) is 4.37. The second-order valence-corrected chi connectivity index (χ2v) is 4.84. The number of carbonyl (C=O) groups is 2. The number of nitrogens with one attached hydrogen (secondary N) is 1. The number of ether oxygens (including phenoxy) is 1. The minimum atomic E-state index is -0.839. The maximum Gasteiger partial charge on any atom is 0.303 e. The Morgan fingerprint density at radius 2 is 2.28 bits per heavy atom. The van der Waals surface area contributed by atoms with Gasteiger partial charge in [0, 0.05) is 24.4 Å². The van der Waals surface area contributed by atoms with Gasteiger partial charge in [-0.2, -0.15) is 0 Å². The number of amides is 1. The lowest BCUT2D eigenvalue weighted by atomic mass is 10.0. The van der Waals surface area contributed by atoms with Crippen molar-refractivity contribution in [2.45, 2.75) is 19.8 Å². The van der Waals surface area contributed by atoms with E-state index in [-0.39, 0.29) is 18.2 Å². The van der Waals surface area contributed by atoms with Crippen molar-refractivity contribution in [3.05, 3.63) is 16.3 Å². The number of carbonyl (C=O) groups excluding carboxylic acids is 1. The van der Waals surface area contributed by atoms with Crippen molar-refractivity contribution in [3.63, 3.8) is 0 Å². The average Bonchev–Trinajstić information content (AvgIpc) is 2.82. The maximum absolute atomic E-state index is 11.8. The van der Waals surface area contributed by atoms with E-state index >= 15 is 0 Å². The molecule has 5 nitrogen and oxygen atoms in total. The van der Waals surface area contributed by atoms with Gasteiger partial charge in [-0.05, 0) is 5.92 Å². The van der Waals surface area contributed by atoms with Gasteiger partial charge in [-0.25, -0.2) is 0 Å². The van der Waals surface area contributed by atoms with Crippen LogP contribution in [0.4, 0.5) is 0 Å². The van der Waals surface area contributed by atoms with Gasteiger partial charge in [0.1, 0.15) is 5.75 Å². The number of hydrogen-bond donors (Lipinski definition) is 2. The molecule has 100 valence electrons. The smallest absolute Gasteiger partial charge is 0.303 e. The lowest BCUT2D eigenvalue weighted by molar-refractivity contribution is -0.138. The quantitative estimate of drug-likeness (QED) is 0.795. The van der Waals surface area contributed by atoms with Crippen molar-refractivity contribution in [3.8, 4) is 5.75 Å². The normalized spacial score (nSPS) is 11.9. The molecule has 1 atom stereocenters. The molecule has 0 bridgehead atoms. The minimum absolute atomic E-state index is 0.0340. The van der Waals surface area contributed by atoms with Crippen LogP contribution in [0.5, 0.6) is 5.75 Å². The molecule has 0 saturated carbocycles. The van der Waals surface area contributed by atoms with Crippen molar-refractivity contribution in [1.82, 2.24) is 5.32 Å². The van der Waals surface area contributed by atoms with Crippen LogP contribution in [0.15, 0.2) is 11.4 Å². The molecule has 0 spiro atoms. The summed E-state index contributed by atoms with van der Waals surface area (Å²) in [5, 5.41) is 13.2. The Labute approximate surface area is 110 Å². The monoisotopic (exact) mass is 271 g/mol. The molecule has 1 aromatic rings. The van der Waals surface area contributed by atoms with E-state index in [4.69, 9.17) is 9.84 Å². The summed E-state index contributed by atoms with van der Waals surface area (Å²) < 4.78 is 5.00. The van der Waals surface area contributed by atoms with Gasteiger partial charge >= 0.3 is 5.97 Å². The molecule has 1 rings (SSSR count). The first-order valence-corrected chi connectivity index (χ1v) is 6.57. The van der Waals surface area contributed by atoms with Gasteiger partial charge in [-0.3, -0.25) is 9.59 Å². The molecule has 6 heteroatoms. The molecule has 0 aliphatic rings. The first-order chi connectivity index (χ1) is 8.56. The molecule has 1 unspecified atom stereocenters. The van der Waals surface area contributed by atoms with Gasteiger partial charge in [0.15, 0.2) is 0 Å². The zero-order valence-electron chi connectivity index (χ0n) is 10.4. The standard InChI is InChI=1S/C12H17NO4S/c1-3-8(4-11(14)15)6-13-12(16)10-5-9(17-2)7-18-10/h5,7-8H,3-4,6H2,1-2H3,(H,13,16)(H,14,15). The Bertz CT molecular complexity index is 416. The molecule has 1 aromatic heterocycles. The number of carboxylic acids is 1. The fourth-order valence-electron chi connectivity index (χ4n) is 1.48. The maximum atomic E-state index is 11.8. The Morgan fingerprint density at radius 1 is 1.56 bits per heavy atom. The highest BCUT2D eigenvalue weighted by atomic mass is 32.1. The lowest BCUT2D eigenvalue weighted by Gasteiger charge is -2.12. The topological polar surface area (TPSA) is 75.6 Å². The number of rotatable bonds is 7. The van der Waals surface area contributed by atoms with Crippen LogP contribution < -0.4 is 10.1 Å². The summed E-state index contributed by atoms with van der Waals surface area (Å²) in [6.45, 7) is 2.29. The Balaban J connectivity index is 2.46. The van der Waals surface area contributed by atoms with Gasteiger partial charge in [0.2, 0.25) is 0 Å². The Hall–Kier alpha value is -1.56. The molecule has 0 aliphatic carbocycles. The van der Waals surface area contributed by atoms with Crippen LogP contribution >= 0.6 is 11.3 Å². The van der Waals surface area contributed by atoms with E-state index < -0.39 is 5.97 Å². The number of methoxy groups -OCH3 is 1. The van der Waals surface area contributed by atoms with Crippen molar-refractivity contribution < 1.29 is 19.4 Å². The van der Waals surface area contributed by atoms with E-state index in [9.17, 15) is 9.59 Å². The summed E-state index contributed by atoms with van der Waals surface area (Å²) in [5.41, 5.74) is 0. The largest absolute Gasteiger partial charge is 0.496 e. The molecule has 1 amide bonds. The second kappa shape index (κ2) is 7.00. The van der Waals surface area contributed by atoms with Gasteiger partial charge in [-0.1, -0.05) is 13.3 Å². The fraction of sp³-hybridized carbons (Fsp3) is 0.500. The molecule has 0 radical (unpaired) electrons. The van der Waals surface area contributed by atoms with E-state index in [1.54, 1.807) is 18.6 Å². The van der Waals surface area contributed by atoms with E-state index in [0.717, 1.165) is 6.42 Å². The number of hydrogen-bond acceptors (Lipinski definition) is 4. The van der Waals surface area contributed by atoms with E-state index in [0.29, 0.717) is 17.2 Å². The van der Waals surface area contributed by atoms with Gasteiger partial charge in [0.05, 0.1) is 12.0 Å². The highest BCUT2D eigenvalue weighted by Crippen LogP contribution is 2.21. The van der Waals surface area contributed by atoms with Crippen LogP contribution in [0.2, 0.25) is 0 Å². The zero-order valence-corrected chi connectivity index (χ0v) is 11.3. The molecule has 1 heterocycles. The first-order valence-electron chi connectivity index (χ1n) is 5.69. The predicted molar refractivity (Wildman–Crippen MR) is 69.2 cm³/mol. The van der Waals surface area contributed by atoms with Crippen molar-refractivity contribution >= 4 is 23.2 Å². The van der Waals surface area contributed by atoms with Crippen LogP contribution in [-0.2, 0) is 4.79 Å². The van der Waals surface area contributed by atoms with Crippen LogP contribution in [0.1, 0.15) is 29.4 Å². The number of aliphatic carboxylic acids is 1. The van der Waals surface area contributed by atoms with E-state index in [1.165, 1.54) is 11.3 Å². The SMILES string of the molecule is CCC(CNC(=O)c1cc(OC)cs1)CC(=O)O. The molecule has 0 aliphatic heterocycles. The molecular formula is C12H17NO4S. The molecule has 0 fully saturated rings. The highest BCUT2D eigenvalue weighted by Gasteiger charge is 2.14. The predicted octanol–water partition coefficient (Wildman–Crippen LogP) is 1.99. The summed E-state index contributed by atoms with van der Waals surface area (Å²) in [4.78, 5) is 22.9. The Kier molecular flexibility index (Phi) is 5.64. The van der Waals surface area contributed by atoms with Gasteiger partial charge in [0.25, 0.3) is 5.91 Å². The van der Waals surface area contributed by atoms with Crippen molar-refractivity contribution in [2.24, 2.45) is 5.92 Å². The summed E-state index contributed by atoms with van der Waals surface area (Å²) in [6, 6.07) is 1.66. The fourth-order valence-corrected chi connectivity index (χ4v) is 2.25. The van der Waals surface area contributed by atoms with Crippen LogP contribution in [0, 0.1) is 5.92 Å². The van der Waals surface area contributed by atoms with Crippen LogP contribution in [0.25, 0.3) is 0 Å². The zero-order chi connectivity index (χ0) is 13.5. The van der Waals surface area contributed by atoms with E-state index in [1.807, 2.05) is 6.92 Å². The summed E-state index contributed by atoms with van der Waals surface area (Å²) in [7, 11) is 1.55. The van der Waals surface area contributed by atoms with E-state index in [2.05, 4.69) is 5.32 Å². The molecule has 0 aromatic carbocycles. The molecular weight excluding hydrogens is 254 g/mol. The van der Waals surface area contributed by atoms with Gasteiger partial charge in [-0.15, -0.1) is 11.3 Å². The van der Waals surface area contributed by atoms with Crippen LogP contribution in [-0.4, -0.2) is 30.6 Å². The third-order valence-corrected chi connectivity index (χ3v) is 3.53. The summed E-state index contributed by atoms with van der Waals surface area (Å²) in [6.07, 6.45) is 0.797. The molecule has 0 saturated heterocycles. The Morgan fingerprint density at radius 3 is 2.78 bits per heavy atom. The summed E-state index contributed by atoms with van der Waals surface area (Å²) >= 11 is 1.30. The molecule has 2 N–H and O–H groups in total. The first kappa shape index (κ1) is 14.5. The number of thiophene rings is 1. The van der Waals surface area contributed by atoms with Crippen molar-refractivity contribution in [2.75, 3.05) is 13.7 Å². The minimum Gasteiger partial charge on any atom is -0.496 e. The highest BCUT2D eigenvalue weighted by molar-refractivity contribution is 7.12. The lowest BCUT2D eigenvalue weighted by Crippen LogP contribution is -2.29. The number of carboxylic acid groups (broad SMARTS) is 1. The summed E-state index contributed by atoms with van der Waals surface area (Å²) in [5.74, 6) is -0.405. The third-order valence-electron chi connectivity index (χ3n) is 2.63. The average molecular weight is 271 g/mol. The van der Waals surface area contributed by atoms with Crippen LogP contribution in [0.3, 0.4) is 0 Å². The second-order valence-electron chi connectivity index (χ2n) is 3.93. The molecule has 18 heavy (non-hydrogen) atoms. The van der Waals surface area contributed by atoms with Crippen molar-refractivity contribution in [1.29, 1.82) is 0 Å². The van der Waals surface area contributed by atoms with Gasteiger partial charge < -0.3 is 15.2 Å².